The predicted octanol–water partition coefficient (Wildman–Crippen LogP) is 2.49. The molecule has 2 heterocycles. The van der Waals surface area contributed by atoms with Crippen molar-refractivity contribution in [3.05, 3.63) is 77.1 Å². The monoisotopic (exact) mass is 447 g/mol. The van der Waals surface area contributed by atoms with Gasteiger partial charge in [0, 0.05) is 12.1 Å². The van der Waals surface area contributed by atoms with Crippen LogP contribution in [0.15, 0.2) is 54.6 Å². The molecule has 2 aromatic carbocycles. The first-order valence-corrected chi connectivity index (χ1v) is 10.8. The van der Waals surface area contributed by atoms with Gasteiger partial charge in [-0.1, -0.05) is 53.8 Å². The molecule has 3 N–H and O–H groups in total. The number of nitrogens with zero attached hydrogens (tertiary/aromatic N) is 3. The van der Waals surface area contributed by atoms with Crippen LogP contribution in [0.1, 0.15) is 27.3 Å². The highest BCUT2D eigenvalue weighted by atomic mass is 32.1. The number of fused-ring (bicyclic) bond motifs is 1. The maximum atomic E-state index is 12.9. The number of hydrogen-bond donors (Lipinski definition) is 2. The number of amides is 2. The van der Waals surface area contributed by atoms with Gasteiger partial charge in [-0.25, -0.2) is 9.67 Å². The number of hydrogen-bond acceptors (Lipinski definition) is 6. The summed E-state index contributed by atoms with van der Waals surface area (Å²) < 4.78 is 2.62. The van der Waals surface area contributed by atoms with Crippen molar-refractivity contribution in [2.24, 2.45) is 5.73 Å². The van der Waals surface area contributed by atoms with Gasteiger partial charge in [-0.2, -0.15) is 5.10 Å². The summed E-state index contributed by atoms with van der Waals surface area (Å²) in [5.41, 5.74) is 8.77. The first kappa shape index (κ1) is 21.4. The third kappa shape index (κ3) is 4.28. The Morgan fingerprint density at radius 3 is 2.53 bits per heavy atom. The highest BCUT2D eigenvalue weighted by Gasteiger charge is 2.27. The lowest BCUT2D eigenvalue weighted by Crippen LogP contribution is -2.47. The van der Waals surface area contributed by atoms with Gasteiger partial charge in [-0.15, -0.1) is 0 Å². The molecule has 32 heavy (non-hydrogen) atoms. The molecule has 0 unspecified atom stereocenters. The molecule has 2 aromatic heterocycles. The number of nitrogens with two attached hydrogens (primary N) is 1. The molecule has 0 bridgehead atoms. The number of carbonyl (C=O) groups excluding carboxylic acids is 3. The minimum absolute atomic E-state index is 0.119. The zero-order valence-corrected chi connectivity index (χ0v) is 18.3. The molecule has 8 nitrogen and oxygen atoms in total. The van der Waals surface area contributed by atoms with Crippen molar-refractivity contribution in [2.75, 3.05) is 0 Å². The molecule has 0 aliphatic rings. The number of nitrogens with one attached hydrogen (secondary N) is 1. The number of aryl methyl sites for hydroxylation is 2. The molecule has 0 saturated heterocycles. The maximum absolute atomic E-state index is 12.9. The van der Waals surface area contributed by atoms with Gasteiger partial charge >= 0.3 is 0 Å². The van der Waals surface area contributed by atoms with E-state index in [1.54, 1.807) is 22.9 Å². The van der Waals surface area contributed by atoms with Crippen molar-refractivity contribution in [3.63, 3.8) is 0 Å². The molecule has 0 aliphatic carbocycles. The minimum Gasteiger partial charge on any atom is -0.363 e. The Kier molecular flexibility index (Phi) is 5.83. The Morgan fingerprint density at radius 2 is 1.84 bits per heavy atom. The van der Waals surface area contributed by atoms with E-state index in [2.05, 4.69) is 15.4 Å². The summed E-state index contributed by atoms with van der Waals surface area (Å²) in [5, 5.41) is 7.64. The summed E-state index contributed by atoms with van der Waals surface area (Å²) in [6.45, 7) is 3.81. The Bertz CT molecular complexity index is 1330. The van der Waals surface area contributed by atoms with E-state index in [-0.39, 0.29) is 12.1 Å². The number of primary amides is 1. The number of thiazole rings is 1. The summed E-state index contributed by atoms with van der Waals surface area (Å²) in [6, 6.07) is 15.6. The third-order valence-corrected chi connectivity index (χ3v) is 6.05. The van der Waals surface area contributed by atoms with Crippen LogP contribution in [0, 0.1) is 13.8 Å². The summed E-state index contributed by atoms with van der Waals surface area (Å²) in [5.74, 6) is -2.53. The number of Topliss-reactive ketones (excluding diaryl/α,β-unsaturated/α-hetero) is 1. The Balaban J connectivity index is 1.60. The fourth-order valence-electron chi connectivity index (χ4n) is 3.41. The SMILES string of the molecule is Cc1cccc2sc(-n3nc(C(=O)N[C@@H](Cc4ccccc4)C(=O)C(N)=O)cc3C)nc12. The fraction of sp³-hybridized carbons (Fsp3) is 0.174. The van der Waals surface area contributed by atoms with Gasteiger partial charge in [0.05, 0.1) is 10.2 Å². The molecule has 4 aromatic rings. The highest BCUT2D eigenvalue weighted by molar-refractivity contribution is 7.20. The summed E-state index contributed by atoms with van der Waals surface area (Å²) in [6.07, 6.45) is 0.144. The quantitative estimate of drug-likeness (QED) is 0.422. The van der Waals surface area contributed by atoms with E-state index in [4.69, 9.17) is 5.73 Å². The third-order valence-electron chi connectivity index (χ3n) is 5.06. The fourth-order valence-corrected chi connectivity index (χ4v) is 4.46. The molecule has 162 valence electrons. The van der Waals surface area contributed by atoms with Gasteiger partial charge in [-0.3, -0.25) is 14.4 Å². The van der Waals surface area contributed by atoms with Crippen molar-refractivity contribution in [3.8, 4) is 5.13 Å². The molecule has 0 saturated carbocycles. The highest BCUT2D eigenvalue weighted by Crippen LogP contribution is 2.27. The number of rotatable bonds is 7. The first-order valence-electron chi connectivity index (χ1n) is 9.95. The van der Waals surface area contributed by atoms with Crippen LogP contribution in [0.4, 0.5) is 0 Å². The molecule has 2 amide bonds. The summed E-state index contributed by atoms with van der Waals surface area (Å²) in [7, 11) is 0. The number of benzene rings is 2. The molecule has 0 aliphatic heterocycles. The van der Waals surface area contributed by atoms with Crippen molar-refractivity contribution < 1.29 is 14.4 Å². The van der Waals surface area contributed by atoms with Crippen molar-refractivity contribution in [2.45, 2.75) is 26.3 Å². The van der Waals surface area contributed by atoms with Crippen LogP contribution >= 0.6 is 11.3 Å². The topological polar surface area (TPSA) is 120 Å². The number of carbonyl (C=O) groups is 3. The summed E-state index contributed by atoms with van der Waals surface area (Å²) >= 11 is 1.47. The van der Waals surface area contributed by atoms with Crippen LogP contribution in [0.25, 0.3) is 15.3 Å². The van der Waals surface area contributed by atoms with Crippen LogP contribution < -0.4 is 11.1 Å². The number of ketones is 1. The molecule has 0 radical (unpaired) electrons. The first-order chi connectivity index (χ1) is 15.3. The van der Waals surface area contributed by atoms with Crippen molar-refractivity contribution in [1.82, 2.24) is 20.1 Å². The summed E-state index contributed by atoms with van der Waals surface area (Å²) in [4.78, 5) is 41.4. The van der Waals surface area contributed by atoms with E-state index >= 15 is 0 Å². The number of para-hydroxylation sites is 1. The van der Waals surface area contributed by atoms with E-state index in [1.165, 1.54) is 11.3 Å². The van der Waals surface area contributed by atoms with Crippen LogP contribution in [0.2, 0.25) is 0 Å². The van der Waals surface area contributed by atoms with E-state index in [9.17, 15) is 14.4 Å². The zero-order chi connectivity index (χ0) is 22.8. The van der Waals surface area contributed by atoms with Crippen LogP contribution in [-0.4, -0.2) is 38.4 Å². The molecule has 0 spiro atoms. The minimum atomic E-state index is -1.10. The van der Waals surface area contributed by atoms with Gasteiger partial charge in [0.2, 0.25) is 10.9 Å². The van der Waals surface area contributed by atoms with Crippen LogP contribution in [0.5, 0.6) is 0 Å². The second kappa shape index (κ2) is 8.72. The largest absolute Gasteiger partial charge is 0.363 e. The van der Waals surface area contributed by atoms with E-state index in [1.807, 2.05) is 50.2 Å². The Labute approximate surface area is 188 Å². The Morgan fingerprint density at radius 1 is 1.09 bits per heavy atom. The molecule has 9 heteroatoms. The van der Waals surface area contributed by atoms with E-state index in [0.29, 0.717) is 10.8 Å². The molecular weight excluding hydrogens is 426 g/mol. The van der Waals surface area contributed by atoms with Crippen molar-refractivity contribution >= 4 is 39.2 Å². The molecular formula is C23H21N5O3S. The van der Waals surface area contributed by atoms with Gasteiger partial charge in [0.1, 0.15) is 6.04 Å². The second-order valence-electron chi connectivity index (χ2n) is 7.45. The average molecular weight is 448 g/mol. The normalized spacial score (nSPS) is 11.9. The van der Waals surface area contributed by atoms with E-state index in [0.717, 1.165) is 21.3 Å². The van der Waals surface area contributed by atoms with Gasteiger partial charge in [-0.05, 0) is 37.1 Å². The lowest BCUT2D eigenvalue weighted by Gasteiger charge is -2.15. The zero-order valence-electron chi connectivity index (χ0n) is 17.5. The molecule has 0 fully saturated rings. The lowest BCUT2D eigenvalue weighted by atomic mass is 10.0. The Hall–Kier alpha value is -3.85. The molecule has 1 atom stereocenters. The predicted molar refractivity (Wildman–Crippen MR) is 122 cm³/mol. The maximum Gasteiger partial charge on any atom is 0.287 e. The smallest absolute Gasteiger partial charge is 0.287 e. The molecule has 4 rings (SSSR count). The van der Waals surface area contributed by atoms with Gasteiger partial charge in [0.25, 0.3) is 11.8 Å². The van der Waals surface area contributed by atoms with E-state index < -0.39 is 23.6 Å². The van der Waals surface area contributed by atoms with Gasteiger partial charge in [0.15, 0.2) is 5.69 Å². The van der Waals surface area contributed by atoms with Gasteiger partial charge < -0.3 is 11.1 Å². The van der Waals surface area contributed by atoms with Crippen LogP contribution in [0.3, 0.4) is 0 Å². The second-order valence-corrected chi connectivity index (χ2v) is 8.45. The van der Waals surface area contributed by atoms with Crippen molar-refractivity contribution in [1.29, 1.82) is 0 Å². The standard InChI is InChI=1S/C23H21N5O3S/c1-13-7-6-10-18-19(13)26-23(32-18)28-14(2)11-17(27-28)22(31)25-16(20(29)21(24)30)12-15-8-4-3-5-9-15/h3-11,16H,12H2,1-2H3,(H2,24,30)(H,25,31)/t16-/m0/s1. The average Bonchev–Trinajstić information content (AvgIpc) is 3.37. The van der Waals surface area contributed by atoms with Crippen LogP contribution in [-0.2, 0) is 16.0 Å². The number of aromatic nitrogens is 3. The lowest BCUT2D eigenvalue weighted by molar-refractivity contribution is -0.137.